The summed E-state index contributed by atoms with van der Waals surface area (Å²) in [6, 6.07) is 12.5. The molecule has 174 valence electrons. The minimum Gasteiger partial charge on any atom is -1.00 e. The van der Waals surface area contributed by atoms with Crippen molar-refractivity contribution in [3.63, 3.8) is 0 Å². The van der Waals surface area contributed by atoms with Crippen molar-refractivity contribution in [2.75, 3.05) is 31.5 Å². The molecule has 0 atom stereocenters. The van der Waals surface area contributed by atoms with E-state index in [9.17, 15) is 9.59 Å². The minimum atomic E-state index is -0.0774. The summed E-state index contributed by atoms with van der Waals surface area (Å²) in [5.41, 5.74) is 18.0. The summed E-state index contributed by atoms with van der Waals surface area (Å²) in [4.78, 5) is 25.5. The summed E-state index contributed by atoms with van der Waals surface area (Å²) in [5, 5.41) is 3.33. The van der Waals surface area contributed by atoms with Crippen LogP contribution in [-0.4, -0.2) is 37.7 Å². The zero-order chi connectivity index (χ0) is 20.4. The maximum atomic E-state index is 12.8. The van der Waals surface area contributed by atoms with E-state index in [-0.39, 0.29) is 57.4 Å². The molecule has 3 rings (SSSR count). The van der Waals surface area contributed by atoms with Gasteiger partial charge in [0.1, 0.15) is 0 Å². The van der Waals surface area contributed by atoms with Gasteiger partial charge in [-0.1, -0.05) is 49.2 Å². The maximum Gasteiger partial charge on any atom is 2.00 e. The van der Waals surface area contributed by atoms with Gasteiger partial charge in [0.15, 0.2) is 11.6 Å². The summed E-state index contributed by atoms with van der Waals surface area (Å²) in [6.45, 7) is 2.71. The molecule has 0 heterocycles. The first-order valence-electron chi connectivity index (χ1n) is 9.81. The van der Waals surface area contributed by atoms with Crippen LogP contribution in [0.3, 0.4) is 0 Å². The fraction of sp³-hybridized carbons (Fsp3) is 0.364. The van der Waals surface area contributed by atoms with E-state index in [0.717, 1.165) is 44.5 Å². The predicted octanol–water partition coefficient (Wildman–Crippen LogP) is -3.70. The van der Waals surface area contributed by atoms with Crippen molar-refractivity contribution >= 4 is 17.3 Å². The quantitative estimate of drug-likeness (QED) is 0.187. The summed E-state index contributed by atoms with van der Waals surface area (Å²) >= 11 is 0. The number of benzene rings is 2. The molecule has 0 spiro atoms. The van der Waals surface area contributed by atoms with Crippen LogP contribution in [0.1, 0.15) is 57.5 Å². The van der Waals surface area contributed by atoms with E-state index in [2.05, 4.69) is 5.32 Å². The number of halogens is 2. The molecule has 0 radical (unpaired) electrons. The van der Waals surface area contributed by atoms with Crippen molar-refractivity contribution in [3.05, 3.63) is 64.7 Å². The van der Waals surface area contributed by atoms with Gasteiger partial charge >= 0.3 is 21.1 Å². The summed E-state index contributed by atoms with van der Waals surface area (Å²) in [7, 11) is 0. The van der Waals surface area contributed by atoms with Gasteiger partial charge in [0.25, 0.3) is 0 Å². The summed E-state index contributed by atoms with van der Waals surface area (Å²) in [5.74, 6) is -0.154. The van der Waals surface area contributed by atoms with Crippen LogP contribution in [-0.2, 0) is 21.1 Å². The van der Waals surface area contributed by atoms with Gasteiger partial charge in [-0.15, -0.1) is 0 Å². The Kier molecular flexibility index (Phi) is 17.8. The standard InChI is InChI=1S/C20H22N2O2.C2H8N2.2ClH.Pt/c21-12-5-1-2-6-13-22-17-11-7-10-16-18(17)20(24)15-9-4-3-8-14(15)19(16)23;3-1-2-4;;;/h3-4,7-11,22H,1-2,5-6,12-13,21H2;1-4H2;2*1H;/q;;;;+2/p-2. The molecule has 0 fully saturated rings. The molecule has 1 aliphatic carbocycles. The number of anilines is 1. The number of carbonyl (C=O) groups excluding carboxylic acids is 2. The number of hydrogen-bond donors (Lipinski definition) is 4. The van der Waals surface area contributed by atoms with Crippen molar-refractivity contribution in [1.29, 1.82) is 0 Å². The molecule has 6 nitrogen and oxygen atoms in total. The van der Waals surface area contributed by atoms with Gasteiger partial charge < -0.3 is 47.3 Å². The van der Waals surface area contributed by atoms with E-state index in [1.54, 1.807) is 30.3 Å². The van der Waals surface area contributed by atoms with Gasteiger partial charge in [-0.3, -0.25) is 9.59 Å². The van der Waals surface area contributed by atoms with Gasteiger partial charge in [-0.25, -0.2) is 0 Å². The average molecular weight is 648 g/mol. The molecule has 31 heavy (non-hydrogen) atoms. The summed E-state index contributed by atoms with van der Waals surface area (Å²) < 4.78 is 0. The molecule has 2 aromatic rings. The number of nitrogens with one attached hydrogen (secondary N) is 1. The molecule has 0 saturated carbocycles. The monoisotopic (exact) mass is 647 g/mol. The second-order valence-electron chi connectivity index (χ2n) is 6.64. The van der Waals surface area contributed by atoms with Crippen LogP contribution >= 0.6 is 0 Å². The summed E-state index contributed by atoms with van der Waals surface area (Å²) in [6.07, 6.45) is 4.29. The Bertz CT molecular complexity index is 820. The van der Waals surface area contributed by atoms with Crippen molar-refractivity contribution in [2.45, 2.75) is 25.7 Å². The molecule has 0 aliphatic heterocycles. The third-order valence-corrected chi connectivity index (χ3v) is 4.57. The first-order chi connectivity index (χ1) is 13.7. The van der Waals surface area contributed by atoms with E-state index in [0.29, 0.717) is 35.3 Å². The zero-order valence-corrected chi connectivity index (χ0v) is 21.1. The maximum absolute atomic E-state index is 12.8. The predicted molar refractivity (Wildman–Crippen MR) is 114 cm³/mol. The number of carbonyl (C=O) groups is 2. The van der Waals surface area contributed by atoms with Gasteiger partial charge in [-0.2, -0.15) is 0 Å². The van der Waals surface area contributed by atoms with Gasteiger partial charge in [0.05, 0.1) is 5.56 Å². The number of rotatable bonds is 8. The first kappa shape index (κ1) is 31.9. The first-order valence-corrected chi connectivity index (χ1v) is 9.81. The topological polar surface area (TPSA) is 124 Å². The Morgan fingerprint density at radius 3 is 1.77 bits per heavy atom. The molecule has 0 saturated heterocycles. The Hall–Kier alpha value is -1.27. The molecular weight excluding hydrogens is 618 g/mol. The molecule has 0 bridgehead atoms. The fourth-order valence-electron chi connectivity index (χ4n) is 3.14. The largest absolute Gasteiger partial charge is 2.00 e. The molecule has 1 aliphatic rings. The van der Waals surface area contributed by atoms with Crippen LogP contribution in [0.15, 0.2) is 42.5 Å². The van der Waals surface area contributed by atoms with E-state index in [1.165, 1.54) is 0 Å². The second-order valence-corrected chi connectivity index (χ2v) is 6.64. The van der Waals surface area contributed by atoms with Crippen LogP contribution in [0.5, 0.6) is 0 Å². The molecule has 0 aromatic heterocycles. The smallest absolute Gasteiger partial charge is 1.00 e. The van der Waals surface area contributed by atoms with Crippen LogP contribution in [0.2, 0.25) is 0 Å². The normalized spacial score (nSPS) is 10.8. The molecule has 2 aromatic carbocycles. The van der Waals surface area contributed by atoms with Crippen LogP contribution in [0.25, 0.3) is 0 Å². The number of unbranched alkanes of at least 4 members (excludes halogenated alkanes) is 3. The van der Waals surface area contributed by atoms with E-state index in [4.69, 9.17) is 17.2 Å². The fourth-order valence-corrected chi connectivity index (χ4v) is 3.14. The van der Waals surface area contributed by atoms with E-state index < -0.39 is 0 Å². The zero-order valence-electron chi connectivity index (χ0n) is 17.3. The minimum absolute atomic E-state index is 0. The Balaban J connectivity index is 0. The van der Waals surface area contributed by atoms with Crippen LogP contribution in [0.4, 0.5) is 5.69 Å². The Labute approximate surface area is 211 Å². The number of ketones is 2. The van der Waals surface area contributed by atoms with Crippen molar-refractivity contribution in [1.82, 2.24) is 0 Å². The second kappa shape index (κ2) is 17.3. The Morgan fingerprint density at radius 1 is 0.645 bits per heavy atom. The van der Waals surface area contributed by atoms with Gasteiger partial charge in [-0.05, 0) is 25.5 Å². The SMILES string of the molecule is NCCCCCCNc1cccc2c1C(=O)c1ccccc1C2=O.NCCN.[Cl-].[Cl-].[Pt+2]. The average Bonchev–Trinajstić information content (AvgIpc) is 2.74. The van der Waals surface area contributed by atoms with Crippen molar-refractivity contribution in [3.8, 4) is 0 Å². The van der Waals surface area contributed by atoms with E-state index >= 15 is 0 Å². The molecule has 0 unspecified atom stereocenters. The molecular formula is C22H30Cl2N4O2Pt. The number of hydrogen-bond acceptors (Lipinski definition) is 6. The van der Waals surface area contributed by atoms with Crippen LogP contribution < -0.4 is 47.3 Å². The molecule has 7 N–H and O–H groups in total. The van der Waals surface area contributed by atoms with Crippen LogP contribution in [0, 0.1) is 0 Å². The third-order valence-electron chi connectivity index (χ3n) is 4.57. The Morgan fingerprint density at radius 2 is 1.19 bits per heavy atom. The molecule has 9 heteroatoms. The van der Waals surface area contributed by atoms with Gasteiger partial charge in [0.2, 0.25) is 0 Å². The third kappa shape index (κ3) is 8.64. The van der Waals surface area contributed by atoms with E-state index in [1.807, 2.05) is 12.1 Å². The van der Waals surface area contributed by atoms with Gasteiger partial charge in [0, 0.05) is 42.0 Å². The molecule has 0 amide bonds. The number of fused-ring (bicyclic) bond motifs is 2. The van der Waals surface area contributed by atoms with Crippen molar-refractivity contribution < 1.29 is 55.5 Å². The number of nitrogens with two attached hydrogens (primary N) is 3. The van der Waals surface area contributed by atoms with Crippen molar-refractivity contribution in [2.24, 2.45) is 17.2 Å².